The van der Waals surface area contributed by atoms with E-state index >= 15 is 0 Å². The molecule has 32 heavy (non-hydrogen) atoms. The van der Waals surface area contributed by atoms with Crippen LogP contribution in [0.1, 0.15) is 12.8 Å². The zero-order valence-corrected chi connectivity index (χ0v) is 17.3. The molecule has 12 heteroatoms. The molecule has 5 rings (SSSR count). The number of nitrogens with zero attached hydrogens (tertiary/aromatic N) is 5. The second-order valence-electron chi connectivity index (χ2n) is 7.91. The van der Waals surface area contributed by atoms with Crippen molar-refractivity contribution in [3.63, 3.8) is 0 Å². The van der Waals surface area contributed by atoms with E-state index in [1.54, 1.807) is 12.1 Å². The summed E-state index contributed by atoms with van der Waals surface area (Å²) in [7, 11) is 0. The number of hydrogen-bond acceptors (Lipinski definition) is 8. The molecule has 3 saturated heterocycles. The number of cyclic esters (lactones) is 1. The van der Waals surface area contributed by atoms with Crippen molar-refractivity contribution in [2.24, 2.45) is 0 Å². The lowest BCUT2D eigenvalue weighted by Gasteiger charge is -2.38. The minimum atomic E-state index is -0.567. The topological polar surface area (TPSA) is 111 Å². The Hall–Kier alpha value is -3.25. The van der Waals surface area contributed by atoms with Crippen molar-refractivity contribution in [2.75, 3.05) is 48.0 Å². The zero-order valence-electron chi connectivity index (χ0n) is 17.3. The lowest BCUT2D eigenvalue weighted by molar-refractivity contribution is -0.169. The first kappa shape index (κ1) is 20.6. The van der Waals surface area contributed by atoms with Gasteiger partial charge in [-0.3, -0.25) is 9.69 Å². The quantitative estimate of drug-likeness (QED) is 0.662. The van der Waals surface area contributed by atoms with Gasteiger partial charge in [-0.15, -0.1) is 5.10 Å². The van der Waals surface area contributed by atoms with Crippen molar-refractivity contribution >= 4 is 29.7 Å². The van der Waals surface area contributed by atoms with Crippen LogP contribution in [0, 0.1) is 5.82 Å². The van der Waals surface area contributed by atoms with Gasteiger partial charge in [-0.05, 0) is 18.2 Å². The van der Waals surface area contributed by atoms with Crippen LogP contribution in [0.3, 0.4) is 0 Å². The number of carbonyl (C=O) groups excluding carboxylic acids is 2. The van der Waals surface area contributed by atoms with E-state index in [-0.39, 0.29) is 13.1 Å². The van der Waals surface area contributed by atoms with Gasteiger partial charge in [0.25, 0.3) is 0 Å². The summed E-state index contributed by atoms with van der Waals surface area (Å²) in [6.45, 7) is 2.87. The molecule has 1 spiro atoms. The summed E-state index contributed by atoms with van der Waals surface area (Å²) < 4.78 is 33.3. The predicted octanol–water partition coefficient (Wildman–Crippen LogP) is 1.35. The molecule has 0 aliphatic carbocycles. The maximum absolute atomic E-state index is 15.0. The van der Waals surface area contributed by atoms with E-state index < -0.39 is 23.8 Å². The molecule has 1 aromatic carbocycles. The number of rotatable bonds is 6. The molecule has 0 bridgehead atoms. The maximum atomic E-state index is 15.0. The van der Waals surface area contributed by atoms with Crippen molar-refractivity contribution < 1.29 is 28.2 Å². The van der Waals surface area contributed by atoms with Gasteiger partial charge >= 0.3 is 6.09 Å². The van der Waals surface area contributed by atoms with Crippen molar-refractivity contribution in [1.82, 2.24) is 15.0 Å². The molecular formula is C20H23FN6O5. The fourth-order valence-electron chi connectivity index (χ4n) is 4.38. The van der Waals surface area contributed by atoms with Gasteiger partial charge < -0.3 is 24.4 Å². The number of benzene rings is 1. The van der Waals surface area contributed by atoms with Gasteiger partial charge in [-0.25, -0.2) is 13.9 Å². The van der Waals surface area contributed by atoms with E-state index in [1.807, 2.05) is 4.90 Å². The molecule has 11 nitrogen and oxygen atoms in total. The number of ether oxygens (including phenoxy) is 3. The summed E-state index contributed by atoms with van der Waals surface area (Å²) >= 11 is 0. The Balaban J connectivity index is 1.24. The summed E-state index contributed by atoms with van der Waals surface area (Å²) in [4.78, 5) is 26.4. The fourth-order valence-corrected chi connectivity index (χ4v) is 4.38. The SMILES string of the molecule is O=CNc1cnnn1C[C@@H]1CN(c2ccc(N3CCC4(CC3)OCCO4)c(F)c2)C(=O)O1. The number of piperidine rings is 1. The summed E-state index contributed by atoms with van der Waals surface area (Å²) in [5.41, 5.74) is 0.900. The molecule has 3 aliphatic heterocycles. The number of carbonyl (C=O) groups is 2. The Morgan fingerprint density at radius 2 is 2.03 bits per heavy atom. The maximum Gasteiger partial charge on any atom is 0.414 e. The normalized spacial score (nSPS) is 22.4. The van der Waals surface area contributed by atoms with Gasteiger partial charge in [-0.1, -0.05) is 5.21 Å². The van der Waals surface area contributed by atoms with Gasteiger partial charge in [0.05, 0.1) is 43.9 Å². The van der Waals surface area contributed by atoms with E-state index in [0.29, 0.717) is 62.7 Å². The van der Waals surface area contributed by atoms with Crippen LogP contribution in [0.25, 0.3) is 0 Å². The third kappa shape index (κ3) is 3.86. The van der Waals surface area contributed by atoms with E-state index in [2.05, 4.69) is 15.6 Å². The molecule has 2 amide bonds. The highest BCUT2D eigenvalue weighted by molar-refractivity contribution is 5.90. The van der Waals surface area contributed by atoms with Gasteiger partial charge in [0.2, 0.25) is 6.41 Å². The molecule has 0 radical (unpaired) electrons. The highest BCUT2D eigenvalue weighted by Crippen LogP contribution is 2.35. The van der Waals surface area contributed by atoms with Gasteiger partial charge in [0.15, 0.2) is 11.6 Å². The Morgan fingerprint density at radius 3 is 2.75 bits per heavy atom. The molecule has 1 N–H and O–H groups in total. The molecule has 0 saturated carbocycles. The first-order valence-electron chi connectivity index (χ1n) is 10.5. The first-order valence-corrected chi connectivity index (χ1v) is 10.5. The minimum absolute atomic E-state index is 0.207. The van der Waals surface area contributed by atoms with Gasteiger partial charge in [-0.2, -0.15) is 0 Å². The standard InChI is InChI=1S/C20H23FN6O5/c21-16-9-14(1-2-17(16)25-5-3-20(4-6-25)30-7-8-31-20)26-11-15(32-19(26)29)12-27-18(22-13-28)10-23-24-27/h1-2,9-10,13,15H,3-8,11-12H2,(H,22,28)/t15-/m0/s1. The Bertz CT molecular complexity index is 1000. The largest absolute Gasteiger partial charge is 0.442 e. The molecule has 170 valence electrons. The average Bonchev–Trinajstić information content (AvgIpc) is 3.51. The second-order valence-corrected chi connectivity index (χ2v) is 7.91. The smallest absolute Gasteiger partial charge is 0.414 e. The van der Waals surface area contributed by atoms with Crippen molar-refractivity contribution in [3.8, 4) is 0 Å². The van der Waals surface area contributed by atoms with E-state index in [1.165, 1.54) is 21.8 Å². The van der Waals surface area contributed by atoms with Crippen LogP contribution in [0.4, 0.5) is 26.4 Å². The van der Waals surface area contributed by atoms with Crippen LogP contribution in [0.15, 0.2) is 24.4 Å². The lowest BCUT2D eigenvalue weighted by Crippen LogP contribution is -2.45. The number of hydrogen-bond donors (Lipinski definition) is 1. The Morgan fingerprint density at radius 1 is 1.25 bits per heavy atom. The van der Waals surface area contributed by atoms with Crippen LogP contribution in [-0.2, 0) is 25.5 Å². The fraction of sp³-hybridized carbons (Fsp3) is 0.500. The van der Waals surface area contributed by atoms with Crippen molar-refractivity contribution in [3.05, 3.63) is 30.2 Å². The Labute approximate surface area is 183 Å². The molecule has 3 fully saturated rings. The van der Waals surface area contributed by atoms with Crippen molar-refractivity contribution in [2.45, 2.75) is 31.3 Å². The third-order valence-corrected chi connectivity index (χ3v) is 6.00. The first-order chi connectivity index (χ1) is 15.6. The van der Waals surface area contributed by atoms with E-state index in [9.17, 15) is 14.0 Å². The van der Waals surface area contributed by atoms with Crippen LogP contribution >= 0.6 is 0 Å². The number of halogens is 1. The summed E-state index contributed by atoms with van der Waals surface area (Å²) in [5.74, 6) is -0.537. The summed E-state index contributed by atoms with van der Waals surface area (Å²) in [5, 5.41) is 10.1. The monoisotopic (exact) mass is 446 g/mol. The second kappa shape index (κ2) is 8.36. The lowest BCUT2D eigenvalue weighted by atomic mass is 10.0. The number of aromatic nitrogens is 3. The molecule has 1 aromatic heterocycles. The molecule has 1 atom stereocenters. The summed E-state index contributed by atoms with van der Waals surface area (Å²) in [6.07, 6.45) is 2.17. The van der Waals surface area contributed by atoms with Crippen LogP contribution in [0.5, 0.6) is 0 Å². The number of nitrogens with one attached hydrogen (secondary N) is 1. The predicted molar refractivity (Wildman–Crippen MR) is 110 cm³/mol. The highest BCUT2D eigenvalue weighted by Gasteiger charge is 2.40. The van der Waals surface area contributed by atoms with Crippen LogP contribution in [-0.4, -0.2) is 72.2 Å². The summed E-state index contributed by atoms with van der Waals surface area (Å²) in [6, 6.07) is 4.74. The highest BCUT2D eigenvalue weighted by atomic mass is 19.1. The molecule has 4 heterocycles. The molecule has 3 aliphatic rings. The third-order valence-electron chi connectivity index (χ3n) is 6.00. The molecular weight excluding hydrogens is 423 g/mol. The zero-order chi connectivity index (χ0) is 22.1. The van der Waals surface area contributed by atoms with Crippen LogP contribution < -0.4 is 15.1 Å². The molecule has 0 unspecified atom stereocenters. The Kier molecular flexibility index (Phi) is 5.39. The number of anilines is 3. The number of amides is 2. The van der Waals surface area contributed by atoms with E-state index in [0.717, 1.165) is 0 Å². The van der Waals surface area contributed by atoms with Gasteiger partial charge in [0.1, 0.15) is 11.9 Å². The van der Waals surface area contributed by atoms with E-state index in [4.69, 9.17) is 14.2 Å². The molecule has 2 aromatic rings. The van der Waals surface area contributed by atoms with Crippen molar-refractivity contribution in [1.29, 1.82) is 0 Å². The van der Waals surface area contributed by atoms with Gasteiger partial charge in [0, 0.05) is 25.9 Å². The minimum Gasteiger partial charge on any atom is -0.442 e. The average molecular weight is 446 g/mol. The van der Waals surface area contributed by atoms with Crippen LogP contribution in [0.2, 0.25) is 0 Å².